The Balaban J connectivity index is 0.868. The lowest BCUT2D eigenvalue weighted by Crippen LogP contribution is -2.59. The van der Waals surface area contributed by atoms with E-state index in [0.717, 1.165) is 73.8 Å². The Hall–Kier alpha value is -7.43. The van der Waals surface area contributed by atoms with Gasteiger partial charge in [-0.2, -0.15) is 0 Å². The minimum Gasteiger partial charge on any atom is -0.457 e. The Morgan fingerprint density at radius 1 is 0.379 bits per heavy atom. The first kappa shape index (κ1) is 36.9. The topological polar surface area (TPSA) is 47.9 Å². The molecule has 1 aliphatic heterocycles. The van der Waals surface area contributed by atoms with Crippen LogP contribution in [0.25, 0.3) is 67.5 Å². The molecule has 4 saturated carbocycles. The molecule has 4 nitrogen and oxygen atoms in total. The lowest BCUT2D eigenvalue weighted by Gasteiger charge is -2.66. The van der Waals surface area contributed by atoms with Gasteiger partial charge < -0.3 is 4.74 Å². The molecule has 1 aromatic heterocycles. The monoisotopic (exact) mass is 847 g/mol. The molecule has 2 spiro atoms. The van der Waals surface area contributed by atoms with Gasteiger partial charge in [-0.1, -0.05) is 176 Å². The van der Waals surface area contributed by atoms with Gasteiger partial charge in [0.2, 0.25) is 0 Å². The third-order valence-corrected chi connectivity index (χ3v) is 17.3. The van der Waals surface area contributed by atoms with Gasteiger partial charge >= 0.3 is 0 Å². The summed E-state index contributed by atoms with van der Waals surface area (Å²) in [7, 11) is 0. The number of hydrogen-bond donors (Lipinski definition) is 0. The largest absolute Gasteiger partial charge is 0.457 e. The molecule has 0 radical (unpaired) electrons. The van der Waals surface area contributed by atoms with Gasteiger partial charge in [-0.05, 0) is 129 Å². The van der Waals surface area contributed by atoms with Crippen LogP contribution in [-0.4, -0.2) is 15.0 Å². The van der Waals surface area contributed by atoms with Crippen molar-refractivity contribution in [3.05, 3.63) is 222 Å². The van der Waals surface area contributed by atoms with Crippen LogP contribution in [0.2, 0.25) is 0 Å². The van der Waals surface area contributed by atoms with Crippen LogP contribution in [0.4, 0.5) is 0 Å². The van der Waals surface area contributed by atoms with Crippen molar-refractivity contribution in [1.82, 2.24) is 15.0 Å². The highest BCUT2D eigenvalue weighted by molar-refractivity contribution is 5.92. The van der Waals surface area contributed by atoms with E-state index in [0.29, 0.717) is 28.3 Å². The molecule has 5 atom stereocenters. The average Bonchev–Trinajstić information content (AvgIpc) is 3.98. The van der Waals surface area contributed by atoms with E-state index < -0.39 is 5.41 Å². The van der Waals surface area contributed by atoms with E-state index in [1.54, 1.807) is 0 Å². The zero-order chi connectivity index (χ0) is 43.2. The van der Waals surface area contributed by atoms with E-state index in [4.69, 9.17) is 19.7 Å². The number of rotatable bonds is 6. The summed E-state index contributed by atoms with van der Waals surface area (Å²) in [6, 6.07) is 70.2. The molecule has 3 unspecified atom stereocenters. The highest BCUT2D eigenvalue weighted by Gasteiger charge is 2.77. The standard InChI is InChI=1S/C62H45N3O/c1-2-12-38(13-3-1)39-22-24-40(25-23-39)57-63-58(41-26-29-43(30-27-41)60-35-45-33-44-34-46(36-60)61(44,45)37-60)65-59(64-57)49-16-5-4-14-47(49)42-28-31-52-50(32-42)48-15-6-7-17-51(48)62(52)53-18-8-10-20-55(53)66-56-21-11-9-19-54(56)62/h1-32,44-46H,33-37H2/t44?,45-,46+,60?,61?. The molecule has 0 saturated heterocycles. The zero-order valence-electron chi connectivity index (χ0n) is 36.5. The average molecular weight is 848 g/mol. The third kappa shape index (κ3) is 4.86. The molecular formula is C62H45N3O. The molecule has 66 heavy (non-hydrogen) atoms. The summed E-state index contributed by atoms with van der Waals surface area (Å²) in [6.07, 6.45) is 7.09. The normalized spacial score (nSPS) is 23.7. The number of para-hydroxylation sites is 2. The second-order valence-electron chi connectivity index (χ2n) is 20.1. The maximum absolute atomic E-state index is 6.60. The first-order chi connectivity index (χ1) is 32.6. The van der Waals surface area contributed by atoms with Gasteiger partial charge in [0.25, 0.3) is 0 Å². The van der Waals surface area contributed by atoms with Crippen LogP contribution in [0.15, 0.2) is 194 Å². The molecule has 314 valence electrons. The zero-order valence-corrected chi connectivity index (χ0v) is 36.5. The summed E-state index contributed by atoms with van der Waals surface area (Å²) in [6.45, 7) is 0. The third-order valence-electron chi connectivity index (χ3n) is 17.3. The quantitative estimate of drug-likeness (QED) is 0.167. The summed E-state index contributed by atoms with van der Waals surface area (Å²) in [4.78, 5) is 15.9. The second kappa shape index (κ2) is 13.3. The van der Waals surface area contributed by atoms with E-state index >= 15 is 0 Å². The Morgan fingerprint density at radius 2 is 0.879 bits per heavy atom. The SMILES string of the molecule is c1ccc(-c2ccc(-c3nc(-c4ccc(C56C[C@H]7CC8C[C@@H](C5)C87C6)cc4)nc(-c4ccccc4-c4ccc5c(c4)-c4ccccc4C54c5ccccc5Oc5ccccc54)n3)cc2)cc1. The van der Waals surface area contributed by atoms with Crippen molar-refractivity contribution in [3.63, 3.8) is 0 Å². The molecule has 6 aliphatic rings. The summed E-state index contributed by atoms with van der Waals surface area (Å²) in [5.74, 6) is 6.73. The van der Waals surface area contributed by atoms with Gasteiger partial charge in [-0.3, -0.25) is 0 Å². The van der Waals surface area contributed by atoms with Crippen molar-refractivity contribution in [3.8, 4) is 79.0 Å². The molecule has 4 heteroatoms. The van der Waals surface area contributed by atoms with Crippen LogP contribution in [-0.2, 0) is 10.8 Å². The Labute approximate surface area is 385 Å². The van der Waals surface area contributed by atoms with Gasteiger partial charge in [0.05, 0.1) is 5.41 Å². The number of fused-ring (bicyclic) bond motifs is 10. The molecule has 8 aromatic carbocycles. The lowest BCUT2D eigenvalue weighted by atomic mass is 9.38. The predicted molar refractivity (Wildman–Crippen MR) is 262 cm³/mol. The smallest absolute Gasteiger partial charge is 0.164 e. The molecular weight excluding hydrogens is 803 g/mol. The van der Waals surface area contributed by atoms with E-state index in [9.17, 15) is 0 Å². The van der Waals surface area contributed by atoms with Gasteiger partial charge in [0.1, 0.15) is 11.5 Å². The van der Waals surface area contributed by atoms with Crippen LogP contribution in [0.5, 0.6) is 11.5 Å². The van der Waals surface area contributed by atoms with E-state index in [1.165, 1.54) is 65.5 Å². The highest BCUT2D eigenvalue weighted by atomic mass is 16.5. The summed E-state index contributed by atoms with van der Waals surface area (Å²) in [5.41, 5.74) is 16.8. The van der Waals surface area contributed by atoms with Crippen molar-refractivity contribution in [2.45, 2.75) is 42.9 Å². The van der Waals surface area contributed by atoms with Gasteiger partial charge in [0.15, 0.2) is 17.5 Å². The lowest BCUT2D eigenvalue weighted by molar-refractivity contribution is -0.175. The minimum atomic E-state index is -0.518. The predicted octanol–water partition coefficient (Wildman–Crippen LogP) is 14.8. The highest BCUT2D eigenvalue weighted by Crippen LogP contribution is 2.84. The van der Waals surface area contributed by atoms with Crippen LogP contribution in [0.3, 0.4) is 0 Å². The fourth-order valence-electron chi connectivity index (χ4n) is 14.5. The van der Waals surface area contributed by atoms with E-state index in [-0.39, 0.29) is 0 Å². The van der Waals surface area contributed by atoms with Gasteiger partial charge in [-0.15, -0.1) is 0 Å². The van der Waals surface area contributed by atoms with Crippen LogP contribution in [0.1, 0.15) is 59.9 Å². The number of aromatic nitrogens is 3. The second-order valence-corrected chi connectivity index (χ2v) is 20.1. The molecule has 2 heterocycles. The van der Waals surface area contributed by atoms with Crippen molar-refractivity contribution >= 4 is 0 Å². The Morgan fingerprint density at radius 3 is 1.53 bits per heavy atom. The maximum atomic E-state index is 6.60. The van der Waals surface area contributed by atoms with Crippen LogP contribution < -0.4 is 4.74 Å². The van der Waals surface area contributed by atoms with E-state index in [1.807, 2.05) is 0 Å². The van der Waals surface area contributed by atoms with Crippen molar-refractivity contribution in [2.24, 2.45) is 23.2 Å². The molecule has 15 rings (SSSR count). The van der Waals surface area contributed by atoms with Crippen molar-refractivity contribution in [1.29, 1.82) is 0 Å². The van der Waals surface area contributed by atoms with Crippen molar-refractivity contribution in [2.75, 3.05) is 0 Å². The summed E-state index contributed by atoms with van der Waals surface area (Å²) < 4.78 is 6.60. The number of nitrogens with zero attached hydrogens (tertiary/aromatic N) is 3. The van der Waals surface area contributed by atoms with Crippen LogP contribution >= 0.6 is 0 Å². The Kier molecular flexibility index (Phi) is 7.44. The molecule has 0 N–H and O–H groups in total. The first-order valence-corrected chi connectivity index (χ1v) is 23.8. The molecule has 4 fully saturated rings. The fourth-order valence-corrected chi connectivity index (χ4v) is 14.5. The Bertz CT molecular complexity index is 3400. The van der Waals surface area contributed by atoms with Gasteiger partial charge in [0, 0.05) is 27.8 Å². The number of ether oxygens (including phenoxy) is 1. The molecule has 2 bridgehead atoms. The summed E-state index contributed by atoms with van der Waals surface area (Å²) in [5, 5.41) is 0. The number of benzene rings is 8. The van der Waals surface area contributed by atoms with Crippen LogP contribution in [0, 0.1) is 23.2 Å². The molecule has 5 aliphatic carbocycles. The number of hydrogen-bond acceptors (Lipinski definition) is 4. The van der Waals surface area contributed by atoms with Crippen molar-refractivity contribution < 1.29 is 4.74 Å². The maximum Gasteiger partial charge on any atom is 0.164 e. The fraction of sp³-hybridized carbons (Fsp3) is 0.177. The van der Waals surface area contributed by atoms with Gasteiger partial charge in [-0.25, -0.2) is 15.0 Å². The molecule has 0 amide bonds. The van der Waals surface area contributed by atoms with E-state index in [2.05, 4.69) is 194 Å². The molecule has 9 aromatic rings. The minimum absolute atomic E-state index is 0.349. The summed E-state index contributed by atoms with van der Waals surface area (Å²) >= 11 is 0. The first-order valence-electron chi connectivity index (χ1n) is 23.8.